The third-order valence-electron chi connectivity index (χ3n) is 2.33. The van der Waals surface area contributed by atoms with Gasteiger partial charge in [-0.05, 0) is 19.8 Å². The van der Waals surface area contributed by atoms with Crippen LogP contribution < -0.4 is 5.32 Å². The summed E-state index contributed by atoms with van der Waals surface area (Å²) in [4.78, 5) is 22.1. The summed E-state index contributed by atoms with van der Waals surface area (Å²) >= 11 is 0. The van der Waals surface area contributed by atoms with Crippen LogP contribution in [0.4, 0.5) is 0 Å². The summed E-state index contributed by atoms with van der Waals surface area (Å²) in [5.41, 5.74) is -1.13. The summed E-state index contributed by atoms with van der Waals surface area (Å²) in [6.07, 6.45) is 0.894. The Labute approximate surface area is 82.4 Å². The first kappa shape index (κ1) is 11.0. The number of carbonyl (C=O) groups is 2. The molecule has 1 aliphatic carbocycles. The van der Waals surface area contributed by atoms with Gasteiger partial charge in [0.25, 0.3) is 0 Å². The number of carboxylic acid groups (broad SMARTS) is 1. The van der Waals surface area contributed by atoms with Crippen LogP contribution >= 0.6 is 0 Å². The lowest BCUT2D eigenvalue weighted by Gasteiger charge is -2.10. The van der Waals surface area contributed by atoms with Gasteiger partial charge < -0.3 is 15.2 Å². The molecule has 0 aromatic rings. The quantitative estimate of drug-likeness (QED) is 0.468. The number of carboxylic acids is 1. The van der Waals surface area contributed by atoms with E-state index in [0.29, 0.717) is 32.6 Å². The fourth-order valence-corrected chi connectivity index (χ4v) is 1.21. The van der Waals surface area contributed by atoms with Crippen molar-refractivity contribution >= 4 is 11.9 Å². The molecule has 0 spiro atoms. The Morgan fingerprint density at radius 3 is 2.57 bits per heavy atom. The van der Waals surface area contributed by atoms with Crippen LogP contribution in [-0.4, -0.2) is 36.7 Å². The minimum Gasteiger partial charge on any atom is -0.480 e. The van der Waals surface area contributed by atoms with E-state index in [9.17, 15) is 9.59 Å². The molecule has 5 nitrogen and oxygen atoms in total. The van der Waals surface area contributed by atoms with Crippen LogP contribution in [0.15, 0.2) is 0 Å². The number of hydrogen-bond acceptors (Lipinski definition) is 3. The van der Waals surface area contributed by atoms with Crippen molar-refractivity contribution in [3.63, 3.8) is 0 Å². The van der Waals surface area contributed by atoms with Crippen LogP contribution in [0.5, 0.6) is 0 Å². The van der Waals surface area contributed by atoms with E-state index < -0.39 is 11.4 Å². The summed E-state index contributed by atoms with van der Waals surface area (Å²) in [5.74, 6) is -1.41. The molecule has 0 aromatic heterocycles. The van der Waals surface area contributed by atoms with Crippen molar-refractivity contribution in [2.45, 2.75) is 19.8 Å². The monoisotopic (exact) mass is 201 g/mol. The molecule has 0 bridgehead atoms. The molecule has 1 fully saturated rings. The molecule has 0 heterocycles. The molecule has 14 heavy (non-hydrogen) atoms. The lowest BCUT2D eigenvalue weighted by atomic mass is 10.1. The van der Waals surface area contributed by atoms with E-state index in [0.717, 1.165) is 0 Å². The van der Waals surface area contributed by atoms with Gasteiger partial charge in [0, 0.05) is 13.2 Å². The van der Waals surface area contributed by atoms with Crippen LogP contribution in [0.3, 0.4) is 0 Å². The SMILES string of the molecule is CCOCCNC(=O)C1(C(=O)O)CC1. The summed E-state index contributed by atoms with van der Waals surface area (Å²) in [7, 11) is 0. The molecule has 1 amide bonds. The Bertz CT molecular complexity index is 235. The first-order valence-electron chi connectivity index (χ1n) is 4.73. The standard InChI is InChI=1S/C9H15NO4/c1-2-14-6-5-10-7(11)9(3-4-9)8(12)13/h2-6H2,1H3,(H,10,11)(H,12,13). The second kappa shape index (κ2) is 4.41. The molecule has 0 atom stereocenters. The van der Waals surface area contributed by atoms with E-state index in [1.54, 1.807) is 0 Å². The maximum Gasteiger partial charge on any atom is 0.319 e. The first-order chi connectivity index (χ1) is 6.63. The highest BCUT2D eigenvalue weighted by Crippen LogP contribution is 2.45. The van der Waals surface area contributed by atoms with Gasteiger partial charge in [0.05, 0.1) is 6.61 Å². The molecule has 80 valence electrons. The van der Waals surface area contributed by atoms with Crippen LogP contribution in [0.2, 0.25) is 0 Å². The number of rotatable bonds is 6. The summed E-state index contributed by atoms with van der Waals surface area (Å²) in [6, 6.07) is 0. The molecule has 0 saturated heterocycles. The third kappa shape index (κ3) is 2.23. The Morgan fingerprint density at radius 1 is 1.50 bits per heavy atom. The van der Waals surface area contributed by atoms with E-state index >= 15 is 0 Å². The van der Waals surface area contributed by atoms with E-state index in [1.165, 1.54) is 0 Å². The Balaban J connectivity index is 2.25. The van der Waals surface area contributed by atoms with Gasteiger partial charge in [-0.1, -0.05) is 0 Å². The smallest absolute Gasteiger partial charge is 0.319 e. The van der Waals surface area contributed by atoms with E-state index in [-0.39, 0.29) is 5.91 Å². The molecule has 5 heteroatoms. The zero-order valence-corrected chi connectivity index (χ0v) is 8.21. The van der Waals surface area contributed by atoms with Gasteiger partial charge in [0.2, 0.25) is 5.91 Å². The zero-order chi connectivity index (χ0) is 10.6. The number of carbonyl (C=O) groups excluding carboxylic acids is 1. The third-order valence-corrected chi connectivity index (χ3v) is 2.33. The summed E-state index contributed by atoms with van der Waals surface area (Å²) < 4.78 is 5.02. The molecular weight excluding hydrogens is 186 g/mol. The average molecular weight is 201 g/mol. The van der Waals surface area contributed by atoms with Crippen molar-refractivity contribution < 1.29 is 19.4 Å². The predicted octanol–water partition coefficient (Wildman–Crippen LogP) is 0.00390. The van der Waals surface area contributed by atoms with Crippen LogP contribution in [0, 0.1) is 5.41 Å². The van der Waals surface area contributed by atoms with Gasteiger partial charge in [0.15, 0.2) is 0 Å². The van der Waals surface area contributed by atoms with Crippen molar-refractivity contribution in [3.8, 4) is 0 Å². The van der Waals surface area contributed by atoms with Crippen molar-refractivity contribution in [1.82, 2.24) is 5.32 Å². The number of nitrogens with one attached hydrogen (secondary N) is 1. The van der Waals surface area contributed by atoms with E-state index in [1.807, 2.05) is 6.92 Å². The van der Waals surface area contributed by atoms with Crippen LogP contribution in [0.1, 0.15) is 19.8 Å². The van der Waals surface area contributed by atoms with Crippen LogP contribution in [0.25, 0.3) is 0 Å². The molecule has 0 unspecified atom stereocenters. The number of hydrogen-bond donors (Lipinski definition) is 2. The van der Waals surface area contributed by atoms with Gasteiger partial charge in [-0.25, -0.2) is 0 Å². The largest absolute Gasteiger partial charge is 0.480 e. The average Bonchev–Trinajstić information content (AvgIpc) is 2.92. The maximum absolute atomic E-state index is 11.4. The highest BCUT2D eigenvalue weighted by atomic mass is 16.5. The lowest BCUT2D eigenvalue weighted by Crippen LogP contribution is -2.38. The van der Waals surface area contributed by atoms with Crippen molar-refractivity contribution in [2.75, 3.05) is 19.8 Å². The predicted molar refractivity (Wildman–Crippen MR) is 48.8 cm³/mol. The Morgan fingerprint density at radius 2 is 2.14 bits per heavy atom. The van der Waals surface area contributed by atoms with Gasteiger partial charge in [-0.2, -0.15) is 0 Å². The zero-order valence-electron chi connectivity index (χ0n) is 8.21. The lowest BCUT2D eigenvalue weighted by molar-refractivity contribution is -0.149. The summed E-state index contributed by atoms with van der Waals surface area (Å²) in [6.45, 7) is 3.26. The fourth-order valence-electron chi connectivity index (χ4n) is 1.21. The fraction of sp³-hybridized carbons (Fsp3) is 0.778. The van der Waals surface area contributed by atoms with E-state index in [2.05, 4.69) is 5.32 Å². The molecule has 1 rings (SSSR count). The number of amides is 1. The van der Waals surface area contributed by atoms with Gasteiger partial charge in [-0.3, -0.25) is 9.59 Å². The normalized spacial score (nSPS) is 17.5. The summed E-state index contributed by atoms with van der Waals surface area (Å²) in [5, 5.41) is 11.3. The second-order valence-corrected chi connectivity index (χ2v) is 3.34. The topological polar surface area (TPSA) is 75.6 Å². The van der Waals surface area contributed by atoms with Gasteiger partial charge >= 0.3 is 5.97 Å². The van der Waals surface area contributed by atoms with Crippen molar-refractivity contribution in [1.29, 1.82) is 0 Å². The highest BCUT2D eigenvalue weighted by Gasteiger charge is 2.56. The molecule has 0 aliphatic heterocycles. The molecule has 0 radical (unpaired) electrons. The van der Waals surface area contributed by atoms with Gasteiger partial charge in [-0.15, -0.1) is 0 Å². The Kier molecular flexibility index (Phi) is 3.46. The molecular formula is C9H15NO4. The van der Waals surface area contributed by atoms with Crippen LogP contribution in [-0.2, 0) is 14.3 Å². The Hall–Kier alpha value is -1.10. The molecule has 0 aromatic carbocycles. The van der Waals surface area contributed by atoms with Crippen molar-refractivity contribution in [3.05, 3.63) is 0 Å². The number of aliphatic carboxylic acids is 1. The maximum atomic E-state index is 11.4. The molecule has 1 saturated carbocycles. The highest BCUT2D eigenvalue weighted by molar-refractivity contribution is 6.04. The molecule has 2 N–H and O–H groups in total. The minimum atomic E-state index is -1.13. The second-order valence-electron chi connectivity index (χ2n) is 3.34. The minimum absolute atomic E-state index is 0.377. The van der Waals surface area contributed by atoms with Gasteiger partial charge in [0.1, 0.15) is 5.41 Å². The molecule has 1 aliphatic rings. The van der Waals surface area contributed by atoms with E-state index in [4.69, 9.17) is 9.84 Å². The first-order valence-corrected chi connectivity index (χ1v) is 4.73. The number of ether oxygens (including phenoxy) is 1. The van der Waals surface area contributed by atoms with Crippen molar-refractivity contribution in [2.24, 2.45) is 5.41 Å².